The quantitative estimate of drug-likeness (QED) is 0.194. The predicted molar refractivity (Wildman–Crippen MR) is 196 cm³/mol. The summed E-state index contributed by atoms with van der Waals surface area (Å²) >= 11 is 0. The second-order valence-corrected chi connectivity index (χ2v) is 12.2. The average Bonchev–Trinajstić information content (AvgIpc) is 3.43. The number of para-hydroxylation sites is 3. The number of nitrogens with zero attached hydrogens (tertiary/aromatic N) is 2. The predicted octanol–water partition coefficient (Wildman–Crippen LogP) is 11.8. The summed E-state index contributed by atoms with van der Waals surface area (Å²) in [5.41, 5.74) is 14.2. The van der Waals surface area contributed by atoms with Crippen LogP contribution in [0.1, 0.15) is 16.7 Å². The first-order valence-electron chi connectivity index (χ1n) is 16.2. The zero-order valence-corrected chi connectivity index (χ0v) is 25.9. The van der Waals surface area contributed by atoms with Crippen LogP contribution in [0, 0.1) is 0 Å². The lowest BCUT2D eigenvalue weighted by Gasteiger charge is -2.39. The Balaban J connectivity index is 1.24. The number of rotatable bonds is 5. The second-order valence-electron chi connectivity index (χ2n) is 12.2. The van der Waals surface area contributed by atoms with Crippen LogP contribution in [0.3, 0.4) is 0 Å². The summed E-state index contributed by atoms with van der Waals surface area (Å²) in [5.74, 6) is 0. The summed E-state index contributed by atoms with van der Waals surface area (Å²) in [5, 5.41) is 0. The molecule has 47 heavy (non-hydrogen) atoms. The molecule has 2 heteroatoms. The Hall–Kier alpha value is -6.12. The highest BCUT2D eigenvalue weighted by Crippen LogP contribution is 2.58. The number of fused-ring (bicyclic) bond motifs is 7. The Morgan fingerprint density at radius 3 is 1.72 bits per heavy atom. The normalized spacial score (nSPS) is 15.6. The smallest absolute Gasteiger partial charge is 0.0682 e. The van der Waals surface area contributed by atoms with Crippen LogP contribution in [0.5, 0.6) is 0 Å². The molecule has 222 valence electrons. The van der Waals surface area contributed by atoms with Crippen molar-refractivity contribution >= 4 is 28.4 Å². The molecule has 9 rings (SSSR count). The first-order chi connectivity index (χ1) is 23.3. The summed E-state index contributed by atoms with van der Waals surface area (Å²) in [7, 11) is 0. The maximum absolute atomic E-state index is 2.42. The molecular weight excluding hydrogens is 569 g/mol. The molecule has 0 N–H and O–H groups in total. The molecule has 1 unspecified atom stereocenters. The van der Waals surface area contributed by atoms with Crippen LogP contribution in [0.2, 0.25) is 0 Å². The van der Waals surface area contributed by atoms with Crippen molar-refractivity contribution in [2.75, 3.05) is 9.80 Å². The van der Waals surface area contributed by atoms with Gasteiger partial charge in [0.05, 0.1) is 11.1 Å². The van der Waals surface area contributed by atoms with Crippen LogP contribution in [-0.2, 0) is 5.41 Å². The molecule has 0 amide bonds. The molecule has 2 aliphatic rings. The lowest BCUT2D eigenvalue weighted by atomic mass is 9.70. The molecule has 0 saturated carbocycles. The van der Waals surface area contributed by atoms with E-state index in [1.54, 1.807) is 0 Å². The van der Waals surface area contributed by atoms with Crippen molar-refractivity contribution in [1.82, 2.24) is 0 Å². The van der Waals surface area contributed by atoms with Crippen molar-refractivity contribution in [3.8, 4) is 22.3 Å². The zero-order valence-electron chi connectivity index (χ0n) is 25.9. The third kappa shape index (κ3) is 4.34. The third-order valence-electron chi connectivity index (χ3n) is 9.67. The maximum Gasteiger partial charge on any atom is 0.0682 e. The molecule has 0 aromatic heterocycles. The van der Waals surface area contributed by atoms with Gasteiger partial charge in [0.1, 0.15) is 0 Å². The Morgan fingerprint density at radius 2 is 0.957 bits per heavy atom. The highest BCUT2D eigenvalue weighted by Gasteiger charge is 2.46. The lowest BCUT2D eigenvalue weighted by molar-refractivity contribution is 0.785. The van der Waals surface area contributed by atoms with E-state index in [0.717, 1.165) is 22.7 Å². The van der Waals surface area contributed by atoms with Crippen LogP contribution in [-0.4, -0.2) is 0 Å². The van der Waals surface area contributed by atoms with Crippen molar-refractivity contribution in [2.24, 2.45) is 0 Å². The third-order valence-corrected chi connectivity index (χ3v) is 9.67. The molecule has 0 saturated heterocycles. The Morgan fingerprint density at radius 1 is 0.404 bits per heavy atom. The minimum Gasteiger partial charge on any atom is -0.317 e. The first kappa shape index (κ1) is 27.2. The molecule has 1 atom stereocenters. The van der Waals surface area contributed by atoms with Crippen molar-refractivity contribution in [3.05, 3.63) is 211 Å². The van der Waals surface area contributed by atoms with E-state index in [0.29, 0.717) is 0 Å². The standard InChI is InChI=1S/C45H32N2/c1-4-14-33(15-5-1)34-24-26-37(27-25-34)47(36-18-8-3-9-19-36)38-28-29-40-39-20-10-11-21-41(39)45(43(40)32-38)30-31-46(35-16-6-2-7-17-35)44-23-13-12-22-42(44)45/h1-32H. The topological polar surface area (TPSA) is 6.48 Å². The maximum atomic E-state index is 2.42. The number of anilines is 5. The van der Waals surface area contributed by atoms with Gasteiger partial charge in [-0.3, -0.25) is 0 Å². The zero-order chi connectivity index (χ0) is 31.2. The lowest BCUT2D eigenvalue weighted by Crippen LogP contribution is -2.31. The van der Waals surface area contributed by atoms with E-state index in [2.05, 4.69) is 204 Å². The summed E-state index contributed by atoms with van der Waals surface area (Å²) in [6.45, 7) is 0. The minimum absolute atomic E-state index is 0.427. The van der Waals surface area contributed by atoms with Gasteiger partial charge in [-0.2, -0.15) is 0 Å². The van der Waals surface area contributed by atoms with Crippen LogP contribution >= 0.6 is 0 Å². The Bertz CT molecular complexity index is 2240. The Labute approximate surface area is 276 Å². The highest BCUT2D eigenvalue weighted by molar-refractivity contribution is 5.91. The second kappa shape index (κ2) is 11.0. The van der Waals surface area contributed by atoms with E-state index in [-0.39, 0.29) is 0 Å². The SMILES string of the molecule is C1=CC2(c3ccccc3-c3ccc(N(c4ccccc4)c4ccc(-c5ccccc5)cc4)cc32)c2ccccc2N1c1ccccc1. The Kier molecular flexibility index (Phi) is 6.39. The molecule has 7 aromatic carbocycles. The van der Waals surface area contributed by atoms with Crippen LogP contribution in [0.25, 0.3) is 22.3 Å². The molecule has 1 spiro atoms. The van der Waals surface area contributed by atoms with Gasteiger partial charge in [-0.05, 0) is 99.6 Å². The molecule has 1 aliphatic carbocycles. The van der Waals surface area contributed by atoms with Crippen molar-refractivity contribution in [3.63, 3.8) is 0 Å². The average molecular weight is 601 g/mol. The molecule has 1 heterocycles. The van der Waals surface area contributed by atoms with Gasteiger partial charge in [-0.15, -0.1) is 0 Å². The minimum atomic E-state index is -0.427. The molecular formula is C45H32N2. The van der Waals surface area contributed by atoms with E-state index in [1.165, 1.54) is 44.6 Å². The van der Waals surface area contributed by atoms with Gasteiger partial charge in [-0.25, -0.2) is 0 Å². The largest absolute Gasteiger partial charge is 0.317 e. The fraction of sp³-hybridized carbons (Fsp3) is 0.0222. The van der Waals surface area contributed by atoms with Gasteiger partial charge in [0.25, 0.3) is 0 Å². The van der Waals surface area contributed by atoms with Gasteiger partial charge in [-0.1, -0.05) is 127 Å². The number of hydrogen-bond acceptors (Lipinski definition) is 2. The van der Waals surface area contributed by atoms with E-state index >= 15 is 0 Å². The van der Waals surface area contributed by atoms with Crippen molar-refractivity contribution in [1.29, 1.82) is 0 Å². The molecule has 1 aliphatic heterocycles. The molecule has 0 fully saturated rings. The summed E-state index contributed by atoms with van der Waals surface area (Å²) in [4.78, 5) is 4.69. The monoisotopic (exact) mass is 600 g/mol. The van der Waals surface area contributed by atoms with Crippen LogP contribution < -0.4 is 9.80 Å². The summed E-state index contributed by atoms with van der Waals surface area (Å²) in [6, 6.07) is 65.7. The van der Waals surface area contributed by atoms with Gasteiger partial charge in [0.15, 0.2) is 0 Å². The van der Waals surface area contributed by atoms with E-state index in [4.69, 9.17) is 0 Å². The van der Waals surface area contributed by atoms with Gasteiger partial charge >= 0.3 is 0 Å². The fourth-order valence-corrected chi connectivity index (χ4v) is 7.55. The van der Waals surface area contributed by atoms with E-state index in [9.17, 15) is 0 Å². The van der Waals surface area contributed by atoms with Crippen LogP contribution in [0.4, 0.5) is 28.4 Å². The number of benzene rings is 7. The summed E-state index contributed by atoms with van der Waals surface area (Å²) in [6.07, 6.45) is 4.69. The van der Waals surface area contributed by atoms with Gasteiger partial charge in [0, 0.05) is 28.9 Å². The van der Waals surface area contributed by atoms with Crippen molar-refractivity contribution in [2.45, 2.75) is 5.41 Å². The fourth-order valence-electron chi connectivity index (χ4n) is 7.55. The molecule has 7 aromatic rings. The summed E-state index contributed by atoms with van der Waals surface area (Å²) < 4.78 is 0. The number of allylic oxidation sites excluding steroid dienone is 1. The van der Waals surface area contributed by atoms with Crippen LogP contribution in [0.15, 0.2) is 194 Å². The molecule has 0 bridgehead atoms. The molecule has 2 nitrogen and oxygen atoms in total. The first-order valence-corrected chi connectivity index (χ1v) is 16.2. The van der Waals surface area contributed by atoms with Gasteiger partial charge < -0.3 is 9.80 Å². The number of hydrogen-bond donors (Lipinski definition) is 0. The van der Waals surface area contributed by atoms with Crippen molar-refractivity contribution < 1.29 is 0 Å². The van der Waals surface area contributed by atoms with E-state index < -0.39 is 5.41 Å². The molecule has 0 radical (unpaired) electrons. The van der Waals surface area contributed by atoms with Gasteiger partial charge in [0.2, 0.25) is 0 Å². The highest BCUT2D eigenvalue weighted by atomic mass is 15.1. The van der Waals surface area contributed by atoms with E-state index in [1.807, 2.05) is 0 Å².